The Labute approximate surface area is 148 Å². The molecule has 1 atom stereocenters. The normalized spacial score (nSPS) is 17.0. The van der Waals surface area contributed by atoms with Crippen LogP contribution in [0, 0.1) is 5.92 Å². The van der Waals surface area contributed by atoms with E-state index in [1.54, 1.807) is 11.7 Å². The molecule has 0 radical (unpaired) electrons. The second kappa shape index (κ2) is 7.70. The molecule has 1 aromatic heterocycles. The number of ether oxygens (including phenoxy) is 2. The molecule has 1 aliphatic heterocycles. The molecule has 0 unspecified atom stereocenters. The van der Waals surface area contributed by atoms with Gasteiger partial charge >= 0.3 is 0 Å². The quantitative estimate of drug-likeness (QED) is 0.875. The van der Waals surface area contributed by atoms with Gasteiger partial charge < -0.3 is 14.8 Å². The number of carbonyl (C=O) groups excluding carboxylic acids is 1. The van der Waals surface area contributed by atoms with Crippen LogP contribution in [0.5, 0.6) is 5.75 Å². The molecule has 1 N–H and O–H groups in total. The number of hydrogen-bond donors (Lipinski definition) is 1. The Hall–Kier alpha value is -2.34. The van der Waals surface area contributed by atoms with Gasteiger partial charge in [0.25, 0.3) is 5.91 Å². The average Bonchev–Trinajstić information content (AvgIpc) is 3.23. The van der Waals surface area contributed by atoms with E-state index >= 15 is 0 Å². The molecule has 2 aromatic rings. The fraction of sp³-hybridized carbons (Fsp3) is 0.474. The van der Waals surface area contributed by atoms with E-state index in [2.05, 4.69) is 24.3 Å². The summed E-state index contributed by atoms with van der Waals surface area (Å²) in [5, 5.41) is 7.28. The Morgan fingerprint density at radius 2 is 2.16 bits per heavy atom. The van der Waals surface area contributed by atoms with E-state index in [4.69, 9.17) is 9.47 Å². The van der Waals surface area contributed by atoms with Crippen molar-refractivity contribution in [1.82, 2.24) is 9.78 Å². The van der Waals surface area contributed by atoms with Crippen LogP contribution in [0.2, 0.25) is 0 Å². The predicted octanol–water partition coefficient (Wildman–Crippen LogP) is 3.21. The summed E-state index contributed by atoms with van der Waals surface area (Å²) in [6.07, 6.45) is 1.05. The smallest absolute Gasteiger partial charge is 0.273 e. The van der Waals surface area contributed by atoms with Gasteiger partial charge in [-0.05, 0) is 42.7 Å². The summed E-state index contributed by atoms with van der Waals surface area (Å²) in [5.41, 5.74) is 2.19. The lowest BCUT2D eigenvalue weighted by Crippen LogP contribution is -2.16. The number of benzene rings is 1. The van der Waals surface area contributed by atoms with E-state index in [0.717, 1.165) is 36.8 Å². The van der Waals surface area contributed by atoms with Crippen molar-refractivity contribution in [2.75, 3.05) is 25.1 Å². The molecular formula is C19H25N3O3. The van der Waals surface area contributed by atoms with Gasteiger partial charge in [-0.2, -0.15) is 5.10 Å². The summed E-state index contributed by atoms with van der Waals surface area (Å²) < 4.78 is 12.7. The minimum atomic E-state index is -0.168. The number of hydrogen-bond acceptors (Lipinski definition) is 4. The van der Waals surface area contributed by atoms with Crippen LogP contribution in [0.1, 0.15) is 42.4 Å². The molecular weight excluding hydrogens is 318 g/mol. The van der Waals surface area contributed by atoms with E-state index in [9.17, 15) is 4.79 Å². The van der Waals surface area contributed by atoms with Crippen molar-refractivity contribution in [3.63, 3.8) is 0 Å². The second-order valence-electron chi connectivity index (χ2n) is 6.75. The van der Waals surface area contributed by atoms with Crippen molar-refractivity contribution in [1.29, 1.82) is 0 Å². The first-order valence-corrected chi connectivity index (χ1v) is 8.69. The van der Waals surface area contributed by atoms with Crippen LogP contribution < -0.4 is 10.1 Å². The maximum atomic E-state index is 12.4. The molecule has 0 saturated carbocycles. The summed E-state index contributed by atoms with van der Waals surface area (Å²) >= 11 is 0. The van der Waals surface area contributed by atoms with Gasteiger partial charge in [0.05, 0.1) is 18.9 Å². The molecule has 134 valence electrons. The summed E-state index contributed by atoms with van der Waals surface area (Å²) in [7, 11) is 1.78. The minimum Gasteiger partial charge on any atom is -0.493 e. The van der Waals surface area contributed by atoms with Gasteiger partial charge in [-0.15, -0.1) is 0 Å². The van der Waals surface area contributed by atoms with Crippen LogP contribution in [-0.4, -0.2) is 35.5 Å². The summed E-state index contributed by atoms with van der Waals surface area (Å²) in [5.74, 6) is 1.39. The third-order valence-electron chi connectivity index (χ3n) is 4.34. The monoisotopic (exact) mass is 343 g/mol. The van der Waals surface area contributed by atoms with E-state index in [0.29, 0.717) is 18.2 Å². The lowest BCUT2D eigenvalue weighted by atomic mass is 10.1. The number of nitrogens with zero attached hydrogens (tertiary/aromatic N) is 2. The van der Waals surface area contributed by atoms with Crippen LogP contribution in [0.25, 0.3) is 0 Å². The van der Waals surface area contributed by atoms with Gasteiger partial charge in [-0.3, -0.25) is 9.48 Å². The highest BCUT2D eigenvalue weighted by Crippen LogP contribution is 2.20. The van der Waals surface area contributed by atoms with Crippen molar-refractivity contribution in [2.24, 2.45) is 13.0 Å². The van der Waals surface area contributed by atoms with Crippen LogP contribution >= 0.6 is 0 Å². The van der Waals surface area contributed by atoms with Crippen molar-refractivity contribution >= 4 is 11.6 Å². The number of carbonyl (C=O) groups is 1. The number of aromatic nitrogens is 2. The molecule has 6 nitrogen and oxygen atoms in total. The first-order valence-electron chi connectivity index (χ1n) is 8.69. The second-order valence-corrected chi connectivity index (χ2v) is 6.75. The first-order chi connectivity index (χ1) is 12.0. The van der Waals surface area contributed by atoms with Crippen LogP contribution in [0.4, 0.5) is 5.69 Å². The van der Waals surface area contributed by atoms with Gasteiger partial charge in [0.2, 0.25) is 0 Å². The number of nitrogens with one attached hydrogen (secondary N) is 1. The van der Waals surface area contributed by atoms with Crippen molar-refractivity contribution in [2.45, 2.75) is 26.2 Å². The van der Waals surface area contributed by atoms with Crippen molar-refractivity contribution in [3.8, 4) is 5.75 Å². The van der Waals surface area contributed by atoms with E-state index in [-0.39, 0.29) is 11.8 Å². The van der Waals surface area contributed by atoms with Crippen molar-refractivity contribution < 1.29 is 14.3 Å². The van der Waals surface area contributed by atoms with Crippen molar-refractivity contribution in [3.05, 3.63) is 41.7 Å². The molecule has 0 spiro atoms. The third-order valence-corrected chi connectivity index (χ3v) is 4.34. The minimum absolute atomic E-state index is 0.168. The zero-order valence-corrected chi connectivity index (χ0v) is 15.0. The topological polar surface area (TPSA) is 65.4 Å². The molecule has 1 amide bonds. The predicted molar refractivity (Wildman–Crippen MR) is 96.1 cm³/mol. The molecule has 0 bridgehead atoms. The number of amides is 1. The highest BCUT2D eigenvalue weighted by Gasteiger charge is 2.17. The lowest BCUT2D eigenvalue weighted by Gasteiger charge is -2.11. The Kier molecular flexibility index (Phi) is 5.38. The zero-order valence-electron chi connectivity index (χ0n) is 15.0. The van der Waals surface area contributed by atoms with Crippen LogP contribution in [0.3, 0.4) is 0 Å². The SMILES string of the molecule is CC(C)c1cc(C(=O)Nc2ccc(OC[C@H]3CCOC3)cc2)n(C)n1. The molecule has 1 aromatic carbocycles. The standard InChI is InChI=1S/C19H25N3O3/c1-13(2)17-10-18(22(3)21-17)19(23)20-15-4-6-16(7-5-15)25-12-14-8-9-24-11-14/h4-7,10,13-14H,8-9,11-12H2,1-3H3,(H,20,23)/t14-/m0/s1. The Bertz CT molecular complexity index is 716. The largest absolute Gasteiger partial charge is 0.493 e. The van der Waals surface area contributed by atoms with Crippen LogP contribution in [0.15, 0.2) is 30.3 Å². The molecule has 1 fully saturated rings. The number of anilines is 1. The van der Waals surface area contributed by atoms with E-state index in [1.165, 1.54) is 0 Å². The van der Waals surface area contributed by atoms with Gasteiger partial charge in [0.1, 0.15) is 11.4 Å². The summed E-state index contributed by atoms with van der Waals surface area (Å²) in [6, 6.07) is 9.26. The van der Waals surface area contributed by atoms with E-state index in [1.807, 2.05) is 30.3 Å². The fourth-order valence-electron chi connectivity index (χ4n) is 2.74. The fourth-order valence-corrected chi connectivity index (χ4v) is 2.74. The maximum Gasteiger partial charge on any atom is 0.273 e. The average molecular weight is 343 g/mol. The summed E-state index contributed by atoms with van der Waals surface area (Å²) in [4.78, 5) is 12.4. The molecule has 2 heterocycles. The van der Waals surface area contributed by atoms with Gasteiger partial charge in [0, 0.05) is 25.3 Å². The highest BCUT2D eigenvalue weighted by molar-refractivity contribution is 6.03. The van der Waals surface area contributed by atoms with Gasteiger partial charge in [-0.1, -0.05) is 13.8 Å². The first kappa shape index (κ1) is 17.5. The molecule has 1 aliphatic rings. The highest BCUT2D eigenvalue weighted by atomic mass is 16.5. The number of rotatable bonds is 6. The Balaban J connectivity index is 1.58. The van der Waals surface area contributed by atoms with Gasteiger partial charge in [0.15, 0.2) is 0 Å². The molecule has 0 aliphatic carbocycles. The Morgan fingerprint density at radius 1 is 1.40 bits per heavy atom. The molecule has 3 rings (SSSR count). The zero-order chi connectivity index (χ0) is 17.8. The third kappa shape index (κ3) is 4.39. The summed E-state index contributed by atoms with van der Waals surface area (Å²) in [6.45, 7) is 6.38. The van der Waals surface area contributed by atoms with E-state index < -0.39 is 0 Å². The van der Waals surface area contributed by atoms with Gasteiger partial charge in [-0.25, -0.2) is 0 Å². The molecule has 25 heavy (non-hydrogen) atoms. The molecule has 1 saturated heterocycles. The maximum absolute atomic E-state index is 12.4. The molecule has 6 heteroatoms. The number of aryl methyl sites for hydroxylation is 1. The van der Waals surface area contributed by atoms with Crippen LogP contribution in [-0.2, 0) is 11.8 Å². The lowest BCUT2D eigenvalue weighted by molar-refractivity contribution is 0.101. The Morgan fingerprint density at radius 3 is 2.76 bits per heavy atom.